The smallest absolute Gasteiger partial charge is 0.256 e. The lowest BCUT2D eigenvalue weighted by molar-refractivity contribution is -0.129. The molecule has 1 saturated heterocycles. The Morgan fingerprint density at radius 2 is 2.04 bits per heavy atom. The van der Waals surface area contributed by atoms with Crippen LogP contribution >= 0.6 is 11.8 Å². The first-order valence-electron chi connectivity index (χ1n) is 7.74. The number of carbonyl (C=O) groups excluding carboxylic acids is 1. The second kappa shape index (κ2) is 7.17. The van der Waals surface area contributed by atoms with Crippen LogP contribution in [0.2, 0.25) is 0 Å². The Hall–Kier alpha value is -1.82. The van der Waals surface area contributed by atoms with Gasteiger partial charge in [-0.1, -0.05) is 18.7 Å². The van der Waals surface area contributed by atoms with E-state index in [2.05, 4.69) is 11.9 Å². The molecule has 122 valence electrons. The predicted octanol–water partition coefficient (Wildman–Crippen LogP) is 3.83. The molecule has 3 rings (SSSR count). The third-order valence-electron chi connectivity index (χ3n) is 4.07. The van der Waals surface area contributed by atoms with Gasteiger partial charge in [0.15, 0.2) is 5.76 Å². The number of carbonyl (C=O) groups is 1. The molecule has 1 amide bonds. The summed E-state index contributed by atoms with van der Waals surface area (Å²) in [5.41, 5.74) is 0.766. The third-order valence-corrected chi connectivity index (χ3v) is 4.90. The summed E-state index contributed by atoms with van der Waals surface area (Å²) in [6.07, 6.45) is 3.75. The quantitative estimate of drug-likeness (QED) is 0.797. The molecule has 0 N–H and O–H groups in total. The van der Waals surface area contributed by atoms with Crippen LogP contribution in [-0.4, -0.2) is 34.6 Å². The van der Waals surface area contributed by atoms with Gasteiger partial charge in [-0.05, 0) is 43.0 Å². The van der Waals surface area contributed by atoms with Crippen molar-refractivity contribution in [3.63, 3.8) is 0 Å². The van der Waals surface area contributed by atoms with Crippen molar-refractivity contribution in [1.29, 1.82) is 0 Å². The van der Waals surface area contributed by atoms with Gasteiger partial charge in [-0.15, -0.1) is 0 Å². The zero-order valence-electron chi connectivity index (χ0n) is 13.0. The minimum absolute atomic E-state index is 0.128. The Balaban J connectivity index is 1.55. The topological polar surface area (TPSA) is 46.3 Å². The molecule has 1 aliphatic heterocycles. The highest BCUT2D eigenvalue weighted by molar-refractivity contribution is 7.99. The van der Waals surface area contributed by atoms with Crippen LogP contribution in [0.4, 0.5) is 4.39 Å². The molecule has 2 heterocycles. The molecule has 1 aliphatic rings. The molecule has 0 spiro atoms. The Morgan fingerprint density at radius 3 is 2.74 bits per heavy atom. The van der Waals surface area contributed by atoms with Crippen molar-refractivity contribution in [2.24, 2.45) is 5.92 Å². The van der Waals surface area contributed by atoms with Gasteiger partial charge in [-0.25, -0.2) is 9.37 Å². The molecular formula is C17H19FN2O2S. The number of thioether (sulfide) groups is 1. The molecule has 0 radical (unpaired) electrons. The van der Waals surface area contributed by atoms with E-state index in [0.29, 0.717) is 22.7 Å². The lowest BCUT2D eigenvalue weighted by Crippen LogP contribution is -2.38. The molecule has 1 aromatic heterocycles. The Morgan fingerprint density at radius 1 is 1.35 bits per heavy atom. The predicted molar refractivity (Wildman–Crippen MR) is 87.6 cm³/mol. The molecule has 0 atom stereocenters. The summed E-state index contributed by atoms with van der Waals surface area (Å²) in [7, 11) is 0. The van der Waals surface area contributed by atoms with Crippen molar-refractivity contribution >= 4 is 17.7 Å². The zero-order chi connectivity index (χ0) is 16.2. The average molecular weight is 334 g/mol. The van der Waals surface area contributed by atoms with E-state index in [1.54, 1.807) is 18.3 Å². The Bertz CT molecular complexity index is 663. The maximum atomic E-state index is 12.9. The number of amides is 1. The van der Waals surface area contributed by atoms with Gasteiger partial charge in [0.05, 0.1) is 11.9 Å². The van der Waals surface area contributed by atoms with E-state index in [1.807, 2.05) is 4.90 Å². The summed E-state index contributed by atoms with van der Waals surface area (Å²) in [6, 6.07) is 6.05. The van der Waals surface area contributed by atoms with E-state index >= 15 is 0 Å². The summed E-state index contributed by atoms with van der Waals surface area (Å²) in [4.78, 5) is 18.3. The van der Waals surface area contributed by atoms with Crippen molar-refractivity contribution in [2.75, 3.05) is 18.8 Å². The number of hydrogen-bond donors (Lipinski definition) is 0. The van der Waals surface area contributed by atoms with Crippen LogP contribution in [-0.2, 0) is 4.79 Å². The number of halogens is 1. The van der Waals surface area contributed by atoms with Gasteiger partial charge in [0.1, 0.15) is 5.82 Å². The lowest BCUT2D eigenvalue weighted by Gasteiger charge is -2.30. The van der Waals surface area contributed by atoms with Gasteiger partial charge in [-0.3, -0.25) is 4.79 Å². The zero-order valence-corrected chi connectivity index (χ0v) is 13.8. The maximum absolute atomic E-state index is 12.9. The number of oxazole rings is 1. The van der Waals surface area contributed by atoms with Crippen LogP contribution < -0.4 is 0 Å². The Labute approximate surface area is 139 Å². The SMILES string of the molecule is CC1CCN(C(=O)CSc2ncc(-c3ccc(F)cc3)o2)CC1. The summed E-state index contributed by atoms with van der Waals surface area (Å²) >= 11 is 1.30. The fraction of sp³-hybridized carbons (Fsp3) is 0.412. The van der Waals surface area contributed by atoms with Crippen molar-refractivity contribution in [3.8, 4) is 11.3 Å². The lowest BCUT2D eigenvalue weighted by atomic mass is 9.99. The Kier molecular flexibility index (Phi) is 5.00. The summed E-state index contributed by atoms with van der Waals surface area (Å²) in [6.45, 7) is 3.90. The van der Waals surface area contributed by atoms with Crippen LogP contribution in [0.3, 0.4) is 0 Å². The number of piperidine rings is 1. The highest BCUT2D eigenvalue weighted by Crippen LogP contribution is 2.26. The fourth-order valence-corrected chi connectivity index (χ4v) is 3.25. The van der Waals surface area contributed by atoms with Gasteiger partial charge in [-0.2, -0.15) is 0 Å². The minimum Gasteiger partial charge on any atom is -0.431 e. The second-order valence-electron chi connectivity index (χ2n) is 5.85. The molecule has 0 aliphatic carbocycles. The van der Waals surface area contributed by atoms with Gasteiger partial charge < -0.3 is 9.32 Å². The first-order chi connectivity index (χ1) is 11.1. The molecule has 6 heteroatoms. The maximum Gasteiger partial charge on any atom is 0.256 e. The van der Waals surface area contributed by atoms with Crippen molar-refractivity contribution in [1.82, 2.24) is 9.88 Å². The molecule has 2 aromatic rings. The first-order valence-corrected chi connectivity index (χ1v) is 8.73. The minimum atomic E-state index is -0.288. The molecule has 0 bridgehead atoms. The molecule has 1 aromatic carbocycles. The van der Waals surface area contributed by atoms with Crippen LogP contribution in [0.15, 0.2) is 40.1 Å². The van der Waals surface area contributed by atoms with Crippen molar-refractivity contribution < 1.29 is 13.6 Å². The van der Waals surface area contributed by atoms with Gasteiger partial charge in [0.2, 0.25) is 5.91 Å². The van der Waals surface area contributed by atoms with Crippen LogP contribution in [0, 0.1) is 11.7 Å². The van der Waals surface area contributed by atoms with E-state index in [0.717, 1.165) is 31.5 Å². The van der Waals surface area contributed by atoms with Crippen molar-refractivity contribution in [2.45, 2.75) is 25.0 Å². The monoisotopic (exact) mass is 334 g/mol. The molecule has 1 fully saturated rings. The van der Waals surface area contributed by atoms with Gasteiger partial charge >= 0.3 is 0 Å². The highest BCUT2D eigenvalue weighted by atomic mass is 32.2. The number of likely N-dealkylation sites (tertiary alicyclic amines) is 1. The molecular weight excluding hydrogens is 315 g/mol. The number of benzene rings is 1. The van der Waals surface area contributed by atoms with Gasteiger partial charge in [0, 0.05) is 18.7 Å². The molecule has 4 nitrogen and oxygen atoms in total. The molecule has 0 unspecified atom stereocenters. The normalized spacial score (nSPS) is 15.8. The highest BCUT2D eigenvalue weighted by Gasteiger charge is 2.20. The van der Waals surface area contributed by atoms with Gasteiger partial charge in [0.25, 0.3) is 5.22 Å². The number of rotatable bonds is 4. The van der Waals surface area contributed by atoms with E-state index < -0.39 is 0 Å². The largest absolute Gasteiger partial charge is 0.431 e. The average Bonchev–Trinajstić information content (AvgIpc) is 3.03. The number of hydrogen-bond acceptors (Lipinski definition) is 4. The standard InChI is InChI=1S/C17H19FN2O2S/c1-12-6-8-20(9-7-12)16(21)11-23-17-19-10-15(22-17)13-2-4-14(18)5-3-13/h2-5,10,12H,6-9,11H2,1H3. The van der Waals surface area contributed by atoms with E-state index in [4.69, 9.17) is 4.42 Å². The van der Waals surface area contributed by atoms with Crippen LogP contribution in [0.25, 0.3) is 11.3 Å². The van der Waals surface area contributed by atoms with Crippen LogP contribution in [0.5, 0.6) is 0 Å². The number of aromatic nitrogens is 1. The molecule has 0 saturated carbocycles. The summed E-state index contributed by atoms with van der Waals surface area (Å²) in [5.74, 6) is 1.45. The van der Waals surface area contributed by atoms with Crippen molar-refractivity contribution in [3.05, 3.63) is 36.3 Å². The summed E-state index contributed by atoms with van der Waals surface area (Å²) in [5, 5.41) is 0.461. The third kappa shape index (κ3) is 4.13. The second-order valence-corrected chi connectivity index (χ2v) is 6.78. The fourth-order valence-electron chi connectivity index (χ4n) is 2.55. The van der Waals surface area contributed by atoms with E-state index in [9.17, 15) is 9.18 Å². The van der Waals surface area contributed by atoms with Crippen LogP contribution in [0.1, 0.15) is 19.8 Å². The number of nitrogens with zero attached hydrogens (tertiary/aromatic N) is 2. The summed E-state index contributed by atoms with van der Waals surface area (Å²) < 4.78 is 18.5. The van der Waals surface area contributed by atoms with E-state index in [-0.39, 0.29) is 11.7 Å². The molecule has 23 heavy (non-hydrogen) atoms. The van der Waals surface area contributed by atoms with E-state index in [1.165, 1.54) is 23.9 Å². The first kappa shape index (κ1) is 16.1.